The highest BCUT2D eigenvalue weighted by Crippen LogP contribution is 2.34. The topological polar surface area (TPSA) is 76.7 Å². The molecule has 1 saturated carbocycles. The molecule has 0 spiro atoms. The molecular weight excluding hydrogens is 445 g/mol. The molecule has 33 heavy (non-hydrogen) atoms. The number of nitrogens with two attached hydrogens (primary N) is 1. The van der Waals surface area contributed by atoms with Gasteiger partial charge in [-0.05, 0) is 55.2 Å². The van der Waals surface area contributed by atoms with E-state index in [0.717, 1.165) is 61.9 Å². The number of hydrogen-bond donors (Lipinski definition) is 2. The number of amides is 1. The number of hydrogen-bond acceptors (Lipinski definition) is 4. The lowest BCUT2D eigenvalue weighted by atomic mass is 9.86. The van der Waals surface area contributed by atoms with E-state index in [9.17, 15) is 26.7 Å². The molecule has 0 unspecified atom stereocenters. The molecule has 0 radical (unpaired) electrons. The molecule has 1 aliphatic rings. The zero-order valence-electron chi connectivity index (χ0n) is 17.5. The largest absolute Gasteiger partial charge is 0.493 e. The van der Waals surface area contributed by atoms with E-state index in [-0.39, 0.29) is 12.1 Å². The van der Waals surface area contributed by atoms with Gasteiger partial charge >= 0.3 is 6.18 Å². The van der Waals surface area contributed by atoms with Crippen LogP contribution in [-0.4, -0.2) is 18.7 Å². The average molecular weight is 467 g/mol. The quantitative estimate of drug-likeness (QED) is 0.318. The zero-order valence-corrected chi connectivity index (χ0v) is 17.5. The first kappa shape index (κ1) is 24.2. The lowest BCUT2D eigenvalue weighted by Gasteiger charge is -2.25. The summed E-state index contributed by atoms with van der Waals surface area (Å²) < 4.78 is 72.2. The standard InChI is InChI=1S/C23H22F5N3O2/c24-17-5-2-6-18(25)21(17)31-22(32)19(29)9-10-30-12-15-11-16(23(26,27)28)7-8-20(15)33-13-14-3-1-4-14/h2,5-11,14H,1,3-4,12-13,29H2,(H,31,32). The fraction of sp³-hybridized carbons (Fsp3) is 0.304. The Labute approximate surface area is 187 Å². The Kier molecular flexibility index (Phi) is 7.67. The second-order valence-corrected chi connectivity index (χ2v) is 7.59. The van der Waals surface area contributed by atoms with E-state index in [1.54, 1.807) is 0 Å². The first-order valence-corrected chi connectivity index (χ1v) is 10.2. The molecule has 1 aliphatic carbocycles. The molecule has 0 aromatic heterocycles. The maximum Gasteiger partial charge on any atom is 0.416 e. The molecule has 2 aromatic carbocycles. The summed E-state index contributed by atoms with van der Waals surface area (Å²) in [6.07, 6.45) is 0.853. The maximum absolute atomic E-state index is 13.6. The van der Waals surface area contributed by atoms with Crippen LogP contribution in [0.15, 0.2) is 53.2 Å². The third-order valence-electron chi connectivity index (χ3n) is 5.17. The summed E-state index contributed by atoms with van der Waals surface area (Å²) in [6, 6.07) is 6.28. The first-order chi connectivity index (χ1) is 15.6. The van der Waals surface area contributed by atoms with Crippen molar-refractivity contribution >= 4 is 17.8 Å². The molecule has 0 bridgehead atoms. The molecule has 1 fully saturated rings. The fourth-order valence-corrected chi connectivity index (χ4v) is 3.05. The van der Waals surface area contributed by atoms with E-state index in [2.05, 4.69) is 4.99 Å². The molecule has 3 rings (SSSR count). The highest BCUT2D eigenvalue weighted by Gasteiger charge is 2.31. The number of ether oxygens (including phenoxy) is 1. The predicted octanol–water partition coefficient (Wildman–Crippen LogP) is 5.21. The molecule has 10 heteroatoms. The van der Waals surface area contributed by atoms with Crippen molar-refractivity contribution in [2.75, 3.05) is 11.9 Å². The monoisotopic (exact) mass is 467 g/mol. The van der Waals surface area contributed by atoms with Gasteiger partial charge in [-0.2, -0.15) is 13.2 Å². The van der Waals surface area contributed by atoms with Gasteiger partial charge < -0.3 is 15.8 Å². The van der Waals surface area contributed by atoms with Crippen LogP contribution >= 0.6 is 0 Å². The molecule has 176 valence electrons. The summed E-state index contributed by atoms with van der Waals surface area (Å²) in [5, 5.41) is 2.02. The van der Waals surface area contributed by atoms with E-state index >= 15 is 0 Å². The van der Waals surface area contributed by atoms with Crippen molar-refractivity contribution in [3.63, 3.8) is 0 Å². The number of allylic oxidation sites excluding steroid dienone is 1. The van der Waals surface area contributed by atoms with Gasteiger partial charge in [0.15, 0.2) is 0 Å². The normalized spacial score (nSPS) is 14.9. The molecule has 1 amide bonds. The van der Waals surface area contributed by atoms with E-state index in [1.807, 2.05) is 5.32 Å². The number of halogens is 5. The van der Waals surface area contributed by atoms with Crippen molar-refractivity contribution in [2.45, 2.75) is 32.0 Å². The number of carbonyl (C=O) groups excluding carboxylic acids is 1. The first-order valence-electron chi connectivity index (χ1n) is 10.2. The molecular formula is C23H22F5N3O2. The van der Waals surface area contributed by atoms with Gasteiger partial charge in [-0.1, -0.05) is 12.5 Å². The third-order valence-corrected chi connectivity index (χ3v) is 5.17. The summed E-state index contributed by atoms with van der Waals surface area (Å²) >= 11 is 0. The van der Waals surface area contributed by atoms with Crippen LogP contribution in [0.25, 0.3) is 0 Å². The van der Waals surface area contributed by atoms with Crippen LogP contribution in [0.2, 0.25) is 0 Å². The van der Waals surface area contributed by atoms with Crippen LogP contribution in [0.1, 0.15) is 30.4 Å². The molecule has 0 aliphatic heterocycles. The Bertz CT molecular complexity index is 1040. The molecule has 5 nitrogen and oxygen atoms in total. The second kappa shape index (κ2) is 10.5. The molecule has 0 heterocycles. The van der Waals surface area contributed by atoms with Gasteiger partial charge in [-0.3, -0.25) is 9.79 Å². The number of benzene rings is 2. The predicted molar refractivity (Wildman–Crippen MR) is 114 cm³/mol. The number of carbonyl (C=O) groups is 1. The summed E-state index contributed by atoms with van der Waals surface area (Å²) in [5.74, 6) is -2.21. The third kappa shape index (κ3) is 6.53. The minimum absolute atomic E-state index is 0.155. The molecule has 2 aromatic rings. The Hall–Kier alpha value is -3.43. The van der Waals surface area contributed by atoms with Gasteiger partial charge in [0.05, 0.1) is 24.4 Å². The van der Waals surface area contributed by atoms with Crippen LogP contribution in [-0.2, 0) is 17.5 Å². The van der Waals surface area contributed by atoms with Crippen molar-refractivity contribution in [3.05, 3.63) is 70.9 Å². The maximum atomic E-state index is 13.6. The lowest BCUT2D eigenvalue weighted by Crippen LogP contribution is -2.21. The van der Waals surface area contributed by atoms with Crippen LogP contribution in [0.3, 0.4) is 0 Å². The SMILES string of the molecule is NC(=CC=NCc1cc(C(F)(F)F)ccc1OCC1CCC1)C(=O)Nc1c(F)cccc1F. The highest BCUT2D eigenvalue weighted by molar-refractivity contribution is 6.05. The summed E-state index contributed by atoms with van der Waals surface area (Å²) in [5.41, 5.74) is 3.95. The van der Waals surface area contributed by atoms with Crippen molar-refractivity contribution in [1.82, 2.24) is 0 Å². The van der Waals surface area contributed by atoms with Gasteiger partial charge in [0.25, 0.3) is 5.91 Å². The molecule has 0 saturated heterocycles. The number of nitrogens with zero attached hydrogens (tertiary/aromatic N) is 1. The Morgan fingerprint density at radius 2 is 1.88 bits per heavy atom. The number of aliphatic imine (C=N–C) groups is 1. The molecule has 3 N–H and O–H groups in total. The zero-order chi connectivity index (χ0) is 24.0. The average Bonchev–Trinajstić information content (AvgIpc) is 2.72. The van der Waals surface area contributed by atoms with Crippen molar-refractivity contribution in [2.24, 2.45) is 16.6 Å². The van der Waals surface area contributed by atoms with Crippen LogP contribution in [0.5, 0.6) is 5.75 Å². The lowest BCUT2D eigenvalue weighted by molar-refractivity contribution is -0.137. The molecule has 0 atom stereocenters. The van der Waals surface area contributed by atoms with E-state index in [1.165, 1.54) is 6.07 Å². The van der Waals surface area contributed by atoms with Crippen LogP contribution in [0.4, 0.5) is 27.6 Å². The Balaban J connectivity index is 1.67. The summed E-state index contributed by atoms with van der Waals surface area (Å²) in [4.78, 5) is 16.0. The Morgan fingerprint density at radius 1 is 1.18 bits per heavy atom. The van der Waals surface area contributed by atoms with Crippen LogP contribution in [0, 0.1) is 17.6 Å². The van der Waals surface area contributed by atoms with Gasteiger partial charge in [-0.25, -0.2) is 8.78 Å². The van der Waals surface area contributed by atoms with Crippen molar-refractivity contribution in [3.8, 4) is 5.75 Å². The van der Waals surface area contributed by atoms with E-state index < -0.39 is 40.7 Å². The van der Waals surface area contributed by atoms with Crippen molar-refractivity contribution < 1.29 is 31.5 Å². The second-order valence-electron chi connectivity index (χ2n) is 7.59. The number of rotatable bonds is 8. The minimum atomic E-state index is -4.52. The number of anilines is 1. The number of para-hydroxylation sites is 1. The summed E-state index contributed by atoms with van der Waals surface area (Å²) in [6.45, 7) is 0.263. The van der Waals surface area contributed by atoms with Crippen molar-refractivity contribution in [1.29, 1.82) is 0 Å². The van der Waals surface area contributed by atoms with E-state index in [0.29, 0.717) is 18.3 Å². The van der Waals surface area contributed by atoms with Gasteiger partial charge in [0, 0.05) is 11.8 Å². The number of alkyl halides is 3. The smallest absolute Gasteiger partial charge is 0.416 e. The Morgan fingerprint density at radius 3 is 2.48 bits per heavy atom. The van der Waals surface area contributed by atoms with Gasteiger partial charge in [0.2, 0.25) is 0 Å². The van der Waals surface area contributed by atoms with Crippen LogP contribution < -0.4 is 15.8 Å². The highest BCUT2D eigenvalue weighted by atomic mass is 19.4. The minimum Gasteiger partial charge on any atom is -0.493 e. The number of nitrogens with one attached hydrogen (secondary N) is 1. The van der Waals surface area contributed by atoms with Gasteiger partial charge in [-0.15, -0.1) is 0 Å². The summed E-state index contributed by atoms with van der Waals surface area (Å²) in [7, 11) is 0. The van der Waals surface area contributed by atoms with Gasteiger partial charge in [0.1, 0.15) is 23.1 Å². The fourth-order valence-electron chi connectivity index (χ4n) is 3.05. The van der Waals surface area contributed by atoms with E-state index in [4.69, 9.17) is 10.5 Å².